The van der Waals surface area contributed by atoms with Gasteiger partial charge in [0.1, 0.15) is 0 Å². The van der Waals surface area contributed by atoms with E-state index < -0.39 is 40.9 Å². The first-order valence-electron chi connectivity index (χ1n) is 9.56. The Hall–Kier alpha value is 0.558. The third kappa shape index (κ3) is 12.0. The molecule has 0 aromatic rings. The van der Waals surface area contributed by atoms with Crippen molar-refractivity contribution in [3.63, 3.8) is 0 Å². The molecule has 0 N–H and O–H groups in total. The summed E-state index contributed by atoms with van der Waals surface area (Å²) in [6.07, 6.45) is 1.78. The lowest BCUT2D eigenvalue weighted by Gasteiger charge is -2.39. The normalized spacial score (nSPS) is 14.0. The molecule has 0 atom stereocenters. The Labute approximate surface area is 169 Å². The van der Waals surface area contributed by atoms with Crippen LogP contribution in [0.5, 0.6) is 0 Å². The van der Waals surface area contributed by atoms with Gasteiger partial charge >= 0.3 is 17.4 Å². The van der Waals surface area contributed by atoms with Gasteiger partial charge in [0.15, 0.2) is 23.5 Å². The van der Waals surface area contributed by atoms with E-state index in [-0.39, 0.29) is 0 Å². The first-order chi connectivity index (χ1) is 12.4. The Bertz CT molecular complexity index is 400. The molecule has 0 heterocycles. The fourth-order valence-corrected chi connectivity index (χ4v) is 19.5. The second-order valence-electron chi connectivity index (χ2n) is 8.39. The maximum absolute atomic E-state index is 12.0. The zero-order valence-corrected chi connectivity index (χ0v) is 22.8. The minimum absolute atomic E-state index is 0.448. The monoisotopic (exact) mass is 460 g/mol. The number of halogens is 1. The smallest absolute Gasteiger partial charge is 0.437 e. The fourth-order valence-electron chi connectivity index (χ4n) is 3.39. The Morgan fingerprint density at radius 2 is 1.11 bits per heavy atom. The van der Waals surface area contributed by atoms with Gasteiger partial charge in [0, 0.05) is 34.0 Å². The quantitative estimate of drug-likeness (QED) is 0.245. The lowest BCUT2D eigenvalue weighted by Crippen LogP contribution is -2.52. The van der Waals surface area contributed by atoms with Crippen LogP contribution in [0.1, 0.15) is 12.8 Å². The standard InChI is InChI=1S/C16H41FO6Si4/c1-18-27(19-2,20-3)15-11-14-25(6,7)23-26(8,9)22-24(4,5)13-10-12-21-16-17/h10-16H2,1-9H3. The number of ether oxygens (including phenoxy) is 1. The summed E-state index contributed by atoms with van der Waals surface area (Å²) in [4.78, 5) is 0. The topological polar surface area (TPSA) is 55.4 Å². The van der Waals surface area contributed by atoms with E-state index in [9.17, 15) is 4.39 Å². The van der Waals surface area contributed by atoms with Gasteiger partial charge in [-0.2, -0.15) is 0 Å². The van der Waals surface area contributed by atoms with Crippen molar-refractivity contribution in [2.45, 2.75) is 70.3 Å². The molecule has 0 fully saturated rings. The fraction of sp³-hybridized carbons (Fsp3) is 1.00. The first kappa shape index (κ1) is 27.6. The second-order valence-corrected chi connectivity index (χ2v) is 24.0. The van der Waals surface area contributed by atoms with Crippen molar-refractivity contribution in [1.82, 2.24) is 0 Å². The molecule has 0 rings (SSSR count). The van der Waals surface area contributed by atoms with Gasteiger partial charge in [-0.05, 0) is 64.2 Å². The van der Waals surface area contributed by atoms with E-state index in [1.54, 1.807) is 21.3 Å². The highest BCUT2D eigenvalue weighted by Crippen LogP contribution is 2.27. The van der Waals surface area contributed by atoms with E-state index in [1.807, 2.05) is 0 Å². The van der Waals surface area contributed by atoms with Gasteiger partial charge in [0.2, 0.25) is 0 Å². The van der Waals surface area contributed by atoms with Gasteiger partial charge in [-0.15, -0.1) is 0 Å². The van der Waals surface area contributed by atoms with Crippen LogP contribution in [0.25, 0.3) is 0 Å². The van der Waals surface area contributed by atoms with Gasteiger partial charge in [-0.3, -0.25) is 0 Å². The zero-order valence-electron chi connectivity index (χ0n) is 18.8. The Morgan fingerprint density at radius 1 is 0.667 bits per heavy atom. The SMILES string of the molecule is CO[Si](CCC[Si](C)(C)O[Si](C)(C)O[Si](C)(C)CCCOCF)(OC)OC. The minimum atomic E-state index is -2.52. The van der Waals surface area contributed by atoms with Crippen molar-refractivity contribution in [1.29, 1.82) is 0 Å². The molecule has 164 valence electrons. The van der Waals surface area contributed by atoms with Crippen LogP contribution in [0.2, 0.25) is 57.4 Å². The average molecular weight is 461 g/mol. The van der Waals surface area contributed by atoms with Crippen LogP contribution in [0.15, 0.2) is 0 Å². The predicted molar refractivity (Wildman–Crippen MR) is 117 cm³/mol. The maximum Gasteiger partial charge on any atom is 0.500 e. The lowest BCUT2D eigenvalue weighted by atomic mass is 10.5. The second kappa shape index (κ2) is 12.3. The number of rotatable bonds is 16. The molecule has 0 unspecified atom stereocenters. The Kier molecular flexibility index (Phi) is 12.6. The average Bonchev–Trinajstić information content (AvgIpc) is 2.54. The molecule has 0 aliphatic carbocycles. The summed E-state index contributed by atoms with van der Waals surface area (Å²) in [6, 6.07) is 2.73. The minimum Gasteiger partial charge on any atom is -0.437 e. The van der Waals surface area contributed by atoms with Crippen molar-refractivity contribution in [3.05, 3.63) is 0 Å². The van der Waals surface area contributed by atoms with Gasteiger partial charge in [0.05, 0.1) is 0 Å². The highest BCUT2D eigenvalue weighted by atomic mass is 28.5. The predicted octanol–water partition coefficient (Wildman–Crippen LogP) is 4.73. The molecule has 0 amide bonds. The molecule has 6 nitrogen and oxygen atoms in total. The van der Waals surface area contributed by atoms with Gasteiger partial charge in [0.25, 0.3) is 0 Å². The van der Waals surface area contributed by atoms with E-state index in [2.05, 4.69) is 39.3 Å². The summed E-state index contributed by atoms with van der Waals surface area (Å²) >= 11 is 0. The van der Waals surface area contributed by atoms with Crippen LogP contribution in [0.3, 0.4) is 0 Å². The molecular weight excluding hydrogens is 420 g/mol. The van der Waals surface area contributed by atoms with Crippen molar-refractivity contribution < 1.29 is 30.6 Å². The van der Waals surface area contributed by atoms with Crippen LogP contribution >= 0.6 is 0 Å². The van der Waals surface area contributed by atoms with Crippen LogP contribution in [-0.2, 0) is 26.2 Å². The van der Waals surface area contributed by atoms with Gasteiger partial charge in [-0.1, -0.05) is 0 Å². The number of hydrogen-bond acceptors (Lipinski definition) is 6. The van der Waals surface area contributed by atoms with Gasteiger partial charge < -0.3 is 26.2 Å². The van der Waals surface area contributed by atoms with E-state index in [0.717, 1.165) is 31.0 Å². The molecule has 0 aromatic carbocycles. The maximum atomic E-state index is 12.0. The molecule has 0 saturated heterocycles. The molecular formula is C16H41FO6Si4. The largest absolute Gasteiger partial charge is 0.500 e. The molecule has 0 saturated carbocycles. The highest BCUT2D eigenvalue weighted by molar-refractivity contribution is 6.87. The Balaban J connectivity index is 4.57. The molecule has 0 aromatic heterocycles. The molecule has 27 heavy (non-hydrogen) atoms. The molecule has 11 heteroatoms. The van der Waals surface area contributed by atoms with Crippen molar-refractivity contribution in [2.24, 2.45) is 0 Å². The summed E-state index contributed by atoms with van der Waals surface area (Å²) in [5, 5.41) is 0. The molecule has 0 bridgehead atoms. The summed E-state index contributed by atoms with van der Waals surface area (Å²) in [5.41, 5.74) is 0. The third-order valence-electron chi connectivity index (χ3n) is 4.38. The summed E-state index contributed by atoms with van der Waals surface area (Å²) < 4.78 is 46.5. The summed E-state index contributed by atoms with van der Waals surface area (Å²) in [7, 11) is -3.56. The molecule has 0 radical (unpaired) electrons. The van der Waals surface area contributed by atoms with Crippen LogP contribution in [0.4, 0.5) is 4.39 Å². The van der Waals surface area contributed by atoms with Crippen molar-refractivity contribution >= 4 is 34.0 Å². The Morgan fingerprint density at radius 3 is 1.52 bits per heavy atom. The van der Waals surface area contributed by atoms with Gasteiger partial charge in [-0.25, -0.2) is 4.39 Å². The summed E-state index contributed by atoms with van der Waals surface area (Å²) in [6.45, 7) is 12.9. The molecule has 0 aliphatic heterocycles. The highest BCUT2D eigenvalue weighted by Gasteiger charge is 2.41. The van der Waals surface area contributed by atoms with E-state index >= 15 is 0 Å². The molecule has 0 aliphatic rings. The van der Waals surface area contributed by atoms with E-state index in [4.69, 9.17) is 26.2 Å². The lowest BCUT2D eigenvalue weighted by molar-refractivity contribution is 0.0580. The number of alkyl halides is 1. The van der Waals surface area contributed by atoms with Crippen LogP contribution < -0.4 is 0 Å². The van der Waals surface area contributed by atoms with E-state index in [0.29, 0.717) is 6.61 Å². The first-order valence-corrected chi connectivity index (χ1v) is 20.5. The van der Waals surface area contributed by atoms with Crippen LogP contribution in [0, 0.1) is 0 Å². The van der Waals surface area contributed by atoms with E-state index in [1.165, 1.54) is 0 Å². The van der Waals surface area contributed by atoms with Crippen LogP contribution in [-0.4, -0.2) is 68.8 Å². The zero-order chi connectivity index (χ0) is 21.2. The van der Waals surface area contributed by atoms with Crippen molar-refractivity contribution in [2.75, 3.05) is 34.8 Å². The molecule has 0 spiro atoms. The summed E-state index contributed by atoms with van der Waals surface area (Å²) in [5.74, 6) is 0. The number of hydrogen-bond donors (Lipinski definition) is 0. The van der Waals surface area contributed by atoms with Crippen molar-refractivity contribution in [3.8, 4) is 0 Å². The third-order valence-corrected chi connectivity index (χ3v) is 18.7.